The van der Waals surface area contributed by atoms with E-state index in [1.54, 1.807) is 30.5 Å². The molecule has 1 heterocycles. The number of benzene rings is 1. The molecule has 1 aromatic heterocycles. The van der Waals surface area contributed by atoms with Crippen LogP contribution in [0.5, 0.6) is 5.75 Å². The van der Waals surface area contributed by atoms with Crippen molar-refractivity contribution < 1.29 is 9.53 Å². The second-order valence-corrected chi connectivity index (χ2v) is 5.11. The van der Waals surface area contributed by atoms with Gasteiger partial charge in [-0.2, -0.15) is 0 Å². The smallest absolute Gasteiger partial charge is 0.225 e. The third-order valence-corrected chi connectivity index (χ3v) is 3.07. The molecule has 1 N–H and O–H groups in total. The SMILES string of the molecule is Cc1ccnc(NC(=O)CCCOc2ccc(Cl)cc2)c1. The van der Waals surface area contributed by atoms with E-state index in [4.69, 9.17) is 16.3 Å². The summed E-state index contributed by atoms with van der Waals surface area (Å²) in [5, 5.41) is 3.44. The first kappa shape index (κ1) is 15.3. The van der Waals surface area contributed by atoms with Crippen LogP contribution in [0, 0.1) is 6.92 Å². The van der Waals surface area contributed by atoms with E-state index in [0.717, 1.165) is 11.3 Å². The van der Waals surface area contributed by atoms with E-state index >= 15 is 0 Å². The van der Waals surface area contributed by atoms with Crippen molar-refractivity contribution in [3.63, 3.8) is 0 Å². The number of aryl methyl sites for hydroxylation is 1. The van der Waals surface area contributed by atoms with Gasteiger partial charge in [0.25, 0.3) is 0 Å². The number of ether oxygens (including phenoxy) is 1. The standard InChI is InChI=1S/C16H17ClN2O2/c1-12-8-9-18-15(11-12)19-16(20)3-2-10-21-14-6-4-13(17)5-7-14/h4-9,11H,2-3,10H2,1H3,(H,18,19,20). The molecule has 0 aliphatic carbocycles. The lowest BCUT2D eigenvalue weighted by atomic mass is 10.3. The average molecular weight is 305 g/mol. The molecule has 2 rings (SSSR count). The number of anilines is 1. The first-order chi connectivity index (χ1) is 10.1. The predicted octanol–water partition coefficient (Wildman–Crippen LogP) is 3.84. The van der Waals surface area contributed by atoms with Crippen LogP contribution in [0.1, 0.15) is 18.4 Å². The molecular weight excluding hydrogens is 288 g/mol. The van der Waals surface area contributed by atoms with Crippen molar-refractivity contribution in [1.82, 2.24) is 4.98 Å². The molecule has 0 saturated carbocycles. The van der Waals surface area contributed by atoms with Gasteiger partial charge in [-0.25, -0.2) is 4.98 Å². The quantitative estimate of drug-likeness (QED) is 0.825. The molecule has 2 aromatic rings. The minimum Gasteiger partial charge on any atom is -0.494 e. The van der Waals surface area contributed by atoms with Crippen molar-refractivity contribution in [3.05, 3.63) is 53.2 Å². The lowest BCUT2D eigenvalue weighted by Crippen LogP contribution is -2.13. The highest BCUT2D eigenvalue weighted by atomic mass is 35.5. The van der Waals surface area contributed by atoms with Gasteiger partial charge in [-0.15, -0.1) is 0 Å². The maximum atomic E-state index is 11.8. The van der Waals surface area contributed by atoms with Gasteiger partial charge in [0, 0.05) is 17.6 Å². The van der Waals surface area contributed by atoms with Gasteiger partial charge >= 0.3 is 0 Å². The maximum absolute atomic E-state index is 11.8. The van der Waals surface area contributed by atoms with Crippen molar-refractivity contribution in [3.8, 4) is 5.75 Å². The summed E-state index contributed by atoms with van der Waals surface area (Å²) in [4.78, 5) is 15.8. The minimum absolute atomic E-state index is 0.0622. The van der Waals surface area contributed by atoms with Crippen LogP contribution in [0.15, 0.2) is 42.6 Å². The second-order valence-electron chi connectivity index (χ2n) is 4.67. The van der Waals surface area contributed by atoms with E-state index in [1.807, 2.05) is 19.1 Å². The molecule has 0 aliphatic rings. The summed E-state index contributed by atoms with van der Waals surface area (Å²) in [6, 6.07) is 10.9. The lowest BCUT2D eigenvalue weighted by molar-refractivity contribution is -0.116. The van der Waals surface area contributed by atoms with Gasteiger partial charge in [0.2, 0.25) is 5.91 Å². The summed E-state index contributed by atoms with van der Waals surface area (Å²) in [7, 11) is 0. The molecule has 0 aliphatic heterocycles. The molecule has 0 atom stereocenters. The Kier molecular flexibility index (Phi) is 5.58. The van der Waals surface area contributed by atoms with Gasteiger partial charge < -0.3 is 10.1 Å². The Balaban J connectivity index is 1.68. The molecule has 0 spiro atoms. The van der Waals surface area contributed by atoms with Crippen molar-refractivity contribution in [2.75, 3.05) is 11.9 Å². The normalized spacial score (nSPS) is 10.2. The molecule has 0 saturated heterocycles. The zero-order valence-corrected chi connectivity index (χ0v) is 12.6. The summed E-state index contributed by atoms with van der Waals surface area (Å²) in [6.07, 6.45) is 2.71. The van der Waals surface area contributed by atoms with E-state index in [2.05, 4.69) is 10.3 Å². The molecule has 0 radical (unpaired) electrons. The summed E-state index contributed by atoms with van der Waals surface area (Å²) in [5.41, 5.74) is 1.06. The van der Waals surface area contributed by atoms with Crippen LogP contribution in [-0.2, 0) is 4.79 Å². The highest BCUT2D eigenvalue weighted by Gasteiger charge is 2.03. The molecule has 21 heavy (non-hydrogen) atoms. The van der Waals surface area contributed by atoms with Gasteiger partial charge in [0.15, 0.2) is 0 Å². The van der Waals surface area contributed by atoms with Crippen LogP contribution in [0.2, 0.25) is 5.02 Å². The number of halogens is 1. The van der Waals surface area contributed by atoms with Crippen LogP contribution in [0.4, 0.5) is 5.82 Å². The third-order valence-electron chi connectivity index (χ3n) is 2.81. The van der Waals surface area contributed by atoms with E-state index in [0.29, 0.717) is 30.3 Å². The average Bonchev–Trinajstić information content (AvgIpc) is 2.45. The van der Waals surface area contributed by atoms with Crippen molar-refractivity contribution >= 4 is 23.3 Å². The zero-order chi connectivity index (χ0) is 15.1. The van der Waals surface area contributed by atoms with Crippen molar-refractivity contribution in [2.24, 2.45) is 0 Å². The molecule has 110 valence electrons. The number of carbonyl (C=O) groups excluding carboxylic acids is 1. The minimum atomic E-state index is -0.0622. The Morgan fingerprint density at radius 2 is 2.05 bits per heavy atom. The van der Waals surface area contributed by atoms with Crippen LogP contribution < -0.4 is 10.1 Å². The summed E-state index contributed by atoms with van der Waals surface area (Å²) in [6.45, 7) is 2.44. The number of pyridine rings is 1. The van der Waals surface area contributed by atoms with E-state index in [1.165, 1.54) is 0 Å². The van der Waals surface area contributed by atoms with Crippen LogP contribution in [0.3, 0.4) is 0 Å². The van der Waals surface area contributed by atoms with Gasteiger partial charge in [-0.05, 0) is 55.3 Å². The van der Waals surface area contributed by atoms with Gasteiger partial charge in [-0.3, -0.25) is 4.79 Å². The van der Waals surface area contributed by atoms with Crippen LogP contribution in [-0.4, -0.2) is 17.5 Å². The van der Waals surface area contributed by atoms with Gasteiger partial charge in [0.05, 0.1) is 6.61 Å². The number of nitrogens with zero attached hydrogens (tertiary/aromatic N) is 1. The molecule has 4 nitrogen and oxygen atoms in total. The van der Waals surface area contributed by atoms with Gasteiger partial charge in [0.1, 0.15) is 11.6 Å². The Hall–Kier alpha value is -2.07. The number of aromatic nitrogens is 1. The van der Waals surface area contributed by atoms with Crippen LogP contribution in [0.25, 0.3) is 0 Å². The number of carbonyl (C=O) groups is 1. The monoisotopic (exact) mass is 304 g/mol. The van der Waals surface area contributed by atoms with Crippen LogP contribution >= 0.6 is 11.6 Å². The Morgan fingerprint density at radius 1 is 1.29 bits per heavy atom. The summed E-state index contributed by atoms with van der Waals surface area (Å²) in [5.74, 6) is 1.27. The summed E-state index contributed by atoms with van der Waals surface area (Å²) < 4.78 is 5.53. The maximum Gasteiger partial charge on any atom is 0.225 e. The number of hydrogen-bond donors (Lipinski definition) is 1. The number of hydrogen-bond acceptors (Lipinski definition) is 3. The van der Waals surface area contributed by atoms with Crippen molar-refractivity contribution in [2.45, 2.75) is 19.8 Å². The fourth-order valence-electron chi connectivity index (χ4n) is 1.76. The number of rotatable bonds is 6. The zero-order valence-electron chi connectivity index (χ0n) is 11.8. The lowest BCUT2D eigenvalue weighted by Gasteiger charge is -2.07. The molecule has 0 fully saturated rings. The van der Waals surface area contributed by atoms with E-state index < -0.39 is 0 Å². The number of amides is 1. The molecule has 1 amide bonds. The fourth-order valence-corrected chi connectivity index (χ4v) is 1.89. The largest absolute Gasteiger partial charge is 0.494 e. The predicted molar refractivity (Wildman–Crippen MR) is 83.8 cm³/mol. The fraction of sp³-hybridized carbons (Fsp3) is 0.250. The second kappa shape index (κ2) is 7.64. The first-order valence-corrected chi connectivity index (χ1v) is 7.12. The van der Waals surface area contributed by atoms with E-state index in [9.17, 15) is 4.79 Å². The van der Waals surface area contributed by atoms with Gasteiger partial charge in [-0.1, -0.05) is 11.6 Å². The summed E-state index contributed by atoms with van der Waals surface area (Å²) >= 11 is 5.79. The Bertz CT molecular complexity index is 599. The highest BCUT2D eigenvalue weighted by Crippen LogP contribution is 2.15. The molecule has 5 heteroatoms. The molecule has 1 aromatic carbocycles. The highest BCUT2D eigenvalue weighted by molar-refractivity contribution is 6.30. The Morgan fingerprint density at radius 3 is 2.76 bits per heavy atom. The number of nitrogens with one attached hydrogen (secondary N) is 1. The molecule has 0 bridgehead atoms. The first-order valence-electron chi connectivity index (χ1n) is 6.74. The molecular formula is C16H17ClN2O2. The van der Waals surface area contributed by atoms with Crippen molar-refractivity contribution in [1.29, 1.82) is 0 Å². The molecule has 0 unspecified atom stereocenters. The Labute approximate surface area is 129 Å². The third kappa shape index (κ3) is 5.44. The topological polar surface area (TPSA) is 51.2 Å². The van der Waals surface area contributed by atoms with E-state index in [-0.39, 0.29) is 5.91 Å².